The number of alkyl carbamates (subject to hydrolysis) is 1. The largest absolute Gasteiger partial charge is 0.464 e. The fraction of sp³-hybridized carbons (Fsp3) is 0.552. The third-order valence-corrected chi connectivity index (χ3v) is 6.32. The monoisotopic (exact) mass is 559 g/mol. The number of carbonyl (C=O) groups is 5. The maximum atomic E-state index is 14.1. The van der Waals surface area contributed by atoms with Crippen LogP contribution in [0, 0.1) is 0 Å². The van der Waals surface area contributed by atoms with Crippen molar-refractivity contribution in [2.45, 2.75) is 84.0 Å². The molecule has 1 heterocycles. The normalized spacial score (nSPS) is 19.5. The molecule has 1 aliphatic heterocycles. The fourth-order valence-electron chi connectivity index (χ4n) is 4.21. The fourth-order valence-corrected chi connectivity index (χ4v) is 4.21. The van der Waals surface area contributed by atoms with Gasteiger partial charge in [-0.15, -0.1) is 0 Å². The maximum Gasteiger partial charge on any atom is 0.408 e. The second-order valence-electron chi connectivity index (χ2n) is 10.6. The first kappa shape index (κ1) is 32.3. The van der Waals surface area contributed by atoms with Crippen LogP contribution in [0.1, 0.15) is 66.4 Å². The van der Waals surface area contributed by atoms with Crippen LogP contribution in [0.5, 0.6) is 0 Å². The molecule has 0 saturated carbocycles. The van der Waals surface area contributed by atoms with E-state index >= 15 is 0 Å². The molecule has 0 unspecified atom stereocenters. The van der Waals surface area contributed by atoms with Gasteiger partial charge in [0, 0.05) is 13.0 Å². The highest BCUT2D eigenvalue weighted by Gasteiger charge is 2.53. The molecule has 1 aromatic rings. The number of nitrogens with zero attached hydrogens (tertiary/aromatic N) is 1. The lowest BCUT2D eigenvalue weighted by Crippen LogP contribution is -2.68. The molecule has 1 aromatic carbocycles. The molecule has 0 aromatic heterocycles. The first-order valence-corrected chi connectivity index (χ1v) is 13.4. The summed E-state index contributed by atoms with van der Waals surface area (Å²) in [4.78, 5) is 67.6. The van der Waals surface area contributed by atoms with Crippen LogP contribution in [0.25, 0.3) is 0 Å². The van der Waals surface area contributed by atoms with Gasteiger partial charge in [0.05, 0.1) is 13.2 Å². The molecule has 11 heteroatoms. The minimum absolute atomic E-state index is 0.0220. The lowest BCUT2D eigenvalue weighted by molar-refractivity contribution is -0.169. The number of rotatable bonds is 9. The van der Waals surface area contributed by atoms with E-state index in [1.54, 1.807) is 78.0 Å². The number of benzene rings is 1. The van der Waals surface area contributed by atoms with Gasteiger partial charge in [0.1, 0.15) is 17.7 Å². The van der Waals surface area contributed by atoms with Crippen molar-refractivity contribution < 1.29 is 38.2 Å². The zero-order chi connectivity index (χ0) is 30.0. The number of nitrogens with one attached hydrogen (secondary N) is 2. The predicted octanol–water partition coefficient (Wildman–Crippen LogP) is 3.02. The summed E-state index contributed by atoms with van der Waals surface area (Å²) in [6.45, 7) is 9.38. The Bertz CT molecular complexity index is 1080. The van der Waals surface area contributed by atoms with Crippen molar-refractivity contribution in [3.05, 3.63) is 48.0 Å². The van der Waals surface area contributed by atoms with Crippen molar-refractivity contribution in [3.8, 4) is 0 Å². The van der Waals surface area contributed by atoms with E-state index in [0.717, 1.165) is 5.56 Å². The van der Waals surface area contributed by atoms with E-state index in [-0.39, 0.29) is 32.6 Å². The number of esters is 2. The molecule has 0 spiro atoms. The minimum Gasteiger partial charge on any atom is -0.464 e. The average Bonchev–Trinajstić information content (AvgIpc) is 2.95. The number of carbonyl (C=O) groups excluding carboxylic acids is 5. The molecule has 0 radical (unpaired) electrons. The Morgan fingerprint density at radius 3 is 2.15 bits per heavy atom. The van der Waals surface area contributed by atoms with Gasteiger partial charge in [-0.05, 0) is 59.9 Å². The topological polar surface area (TPSA) is 140 Å². The van der Waals surface area contributed by atoms with Crippen LogP contribution in [0.3, 0.4) is 0 Å². The van der Waals surface area contributed by atoms with Gasteiger partial charge >= 0.3 is 18.0 Å². The van der Waals surface area contributed by atoms with Crippen LogP contribution in [-0.2, 0) is 39.9 Å². The summed E-state index contributed by atoms with van der Waals surface area (Å²) in [5.41, 5.74) is -3.71. The number of allylic oxidation sites excluding steroid dienone is 1. The van der Waals surface area contributed by atoms with Gasteiger partial charge in [-0.25, -0.2) is 14.4 Å². The highest BCUT2D eigenvalue weighted by Crippen LogP contribution is 2.29. The maximum absolute atomic E-state index is 14.1. The van der Waals surface area contributed by atoms with Crippen molar-refractivity contribution in [1.29, 1.82) is 0 Å². The highest BCUT2D eigenvalue weighted by molar-refractivity contribution is 6.09. The van der Waals surface area contributed by atoms with Gasteiger partial charge in [-0.3, -0.25) is 9.59 Å². The smallest absolute Gasteiger partial charge is 0.408 e. The lowest BCUT2D eigenvalue weighted by atomic mass is 9.89. The van der Waals surface area contributed by atoms with E-state index in [2.05, 4.69) is 10.6 Å². The molecule has 2 rings (SSSR count). The molecule has 11 nitrogen and oxygen atoms in total. The van der Waals surface area contributed by atoms with Crippen LogP contribution in [0.15, 0.2) is 42.5 Å². The summed E-state index contributed by atoms with van der Waals surface area (Å²) in [5.74, 6) is -3.21. The molecule has 2 N–H and O–H groups in total. The predicted molar refractivity (Wildman–Crippen MR) is 147 cm³/mol. The second kappa shape index (κ2) is 14.0. The summed E-state index contributed by atoms with van der Waals surface area (Å²) in [5, 5.41) is 5.06. The van der Waals surface area contributed by atoms with Gasteiger partial charge < -0.3 is 29.7 Å². The Morgan fingerprint density at radius 1 is 1.00 bits per heavy atom. The molecule has 220 valence electrons. The molecule has 0 aliphatic carbocycles. The van der Waals surface area contributed by atoms with Crippen molar-refractivity contribution in [2.75, 3.05) is 19.8 Å². The zero-order valence-corrected chi connectivity index (χ0v) is 24.2. The van der Waals surface area contributed by atoms with E-state index in [9.17, 15) is 24.0 Å². The van der Waals surface area contributed by atoms with Crippen LogP contribution in [0.2, 0.25) is 0 Å². The Balaban J connectivity index is 2.52. The van der Waals surface area contributed by atoms with Gasteiger partial charge in [0.2, 0.25) is 17.4 Å². The molecular weight excluding hydrogens is 518 g/mol. The lowest BCUT2D eigenvalue weighted by Gasteiger charge is -2.42. The number of hydrogen-bond acceptors (Lipinski definition) is 8. The number of ether oxygens (including phenoxy) is 3. The standard InChI is InChI=1S/C29H41N3O8/c1-7-38-24(35)29(25(36)39-8-2)18-14-10-13-17-28(6,23(34)31-29)32(20-21-15-11-9-12-16-21)22(33)19-30-26(37)40-27(3,4)5/h9-12,14-16H,7-8,13,17-20H2,1-6H3,(H,30,37)(H,31,34)/b14-10-/t28-/m1/s1. The summed E-state index contributed by atoms with van der Waals surface area (Å²) in [7, 11) is 0. The van der Waals surface area contributed by atoms with E-state index in [1.165, 1.54) is 4.90 Å². The van der Waals surface area contributed by atoms with Crippen molar-refractivity contribution in [1.82, 2.24) is 15.5 Å². The molecule has 0 saturated heterocycles. The highest BCUT2D eigenvalue weighted by atomic mass is 16.6. The summed E-state index contributed by atoms with van der Waals surface area (Å²) in [6.07, 6.45) is 2.94. The Labute approximate surface area is 235 Å². The van der Waals surface area contributed by atoms with Crippen molar-refractivity contribution >= 4 is 29.8 Å². The van der Waals surface area contributed by atoms with Crippen LogP contribution in [-0.4, -0.2) is 71.2 Å². The van der Waals surface area contributed by atoms with E-state index < -0.39 is 53.1 Å². The van der Waals surface area contributed by atoms with Crippen molar-refractivity contribution in [3.63, 3.8) is 0 Å². The Kier molecular flexibility index (Phi) is 11.3. The van der Waals surface area contributed by atoms with E-state index in [1.807, 2.05) is 6.07 Å². The zero-order valence-electron chi connectivity index (χ0n) is 24.2. The van der Waals surface area contributed by atoms with E-state index in [0.29, 0.717) is 6.42 Å². The third kappa shape index (κ3) is 8.30. The number of amides is 3. The Hall–Kier alpha value is -3.89. The minimum atomic E-state index is -2.14. The van der Waals surface area contributed by atoms with Gasteiger partial charge in [0.25, 0.3) is 0 Å². The number of hydrogen-bond donors (Lipinski definition) is 2. The summed E-state index contributed by atoms with van der Waals surface area (Å²) >= 11 is 0. The average molecular weight is 560 g/mol. The first-order valence-electron chi connectivity index (χ1n) is 13.4. The second-order valence-corrected chi connectivity index (χ2v) is 10.6. The van der Waals surface area contributed by atoms with Gasteiger partial charge in [0.15, 0.2) is 0 Å². The van der Waals surface area contributed by atoms with Crippen molar-refractivity contribution in [2.24, 2.45) is 0 Å². The van der Waals surface area contributed by atoms with Crippen LogP contribution in [0.4, 0.5) is 4.79 Å². The quantitative estimate of drug-likeness (QED) is 0.204. The first-order chi connectivity index (χ1) is 18.8. The molecule has 40 heavy (non-hydrogen) atoms. The molecular formula is C29H41N3O8. The third-order valence-electron chi connectivity index (χ3n) is 6.32. The molecule has 3 amide bonds. The van der Waals surface area contributed by atoms with Gasteiger partial charge in [-0.1, -0.05) is 42.5 Å². The van der Waals surface area contributed by atoms with Gasteiger partial charge in [-0.2, -0.15) is 0 Å². The SMILES string of the molecule is CCOC(=O)C1(C(=O)OCC)C/C=C\CC[C@@](C)(N(Cc2ccccc2)C(=O)CNC(=O)OC(C)(C)C)C(=O)N1. The van der Waals surface area contributed by atoms with E-state index in [4.69, 9.17) is 14.2 Å². The van der Waals surface area contributed by atoms with Crippen LogP contribution < -0.4 is 10.6 Å². The summed E-state index contributed by atoms with van der Waals surface area (Å²) < 4.78 is 15.6. The summed E-state index contributed by atoms with van der Waals surface area (Å²) in [6, 6.07) is 9.04. The molecule has 1 atom stereocenters. The Morgan fingerprint density at radius 2 is 1.60 bits per heavy atom. The molecule has 0 bridgehead atoms. The molecule has 1 aliphatic rings. The molecule has 0 fully saturated rings. The van der Waals surface area contributed by atoms with Crippen LogP contribution >= 0.6 is 0 Å².